The Morgan fingerprint density at radius 1 is 0.964 bits per heavy atom. The van der Waals surface area contributed by atoms with Crippen LogP contribution < -0.4 is 24.7 Å². The summed E-state index contributed by atoms with van der Waals surface area (Å²) in [5.74, 6) is 2.01. The van der Waals surface area contributed by atoms with Gasteiger partial charge in [-0.15, -0.1) is 0 Å². The number of hydrogen-bond donors (Lipinski definition) is 0. The van der Waals surface area contributed by atoms with E-state index in [0.717, 1.165) is 5.56 Å². The molecule has 1 heterocycles. The van der Waals surface area contributed by atoms with Crippen molar-refractivity contribution in [1.82, 2.24) is 9.72 Å². The van der Waals surface area contributed by atoms with Crippen molar-refractivity contribution < 1.29 is 23.5 Å². The fraction of sp³-hybridized carbons (Fsp3) is 0.263. The summed E-state index contributed by atoms with van der Waals surface area (Å²) in [5.41, 5.74) is 1.45. The summed E-state index contributed by atoms with van der Waals surface area (Å²) in [4.78, 5) is 12.3. The largest absolute Gasteiger partial charge is 0.493 e. The van der Waals surface area contributed by atoms with Gasteiger partial charge in [0.15, 0.2) is 28.8 Å². The van der Waals surface area contributed by atoms with E-state index in [9.17, 15) is 4.79 Å². The maximum Gasteiger partial charge on any atom is 0.442 e. The fourth-order valence-electron chi connectivity index (χ4n) is 2.81. The Labute approximate surface area is 169 Å². The Morgan fingerprint density at radius 3 is 2.29 bits per heavy atom. The summed E-state index contributed by atoms with van der Waals surface area (Å²) in [5, 5.41) is 3.93. The number of halogens is 1. The molecule has 0 aliphatic rings. The Balaban J connectivity index is 2.05. The summed E-state index contributed by atoms with van der Waals surface area (Å²) in [6, 6.07) is 8.86. The van der Waals surface area contributed by atoms with Crippen LogP contribution in [0.1, 0.15) is 5.56 Å². The molecule has 0 radical (unpaired) electrons. The van der Waals surface area contributed by atoms with Gasteiger partial charge in [-0.1, -0.05) is 11.2 Å². The molecule has 0 fully saturated rings. The number of hydrogen-bond acceptors (Lipinski definition) is 7. The van der Waals surface area contributed by atoms with Crippen molar-refractivity contribution in [2.45, 2.75) is 6.54 Å². The van der Waals surface area contributed by atoms with Crippen LogP contribution in [-0.4, -0.2) is 38.2 Å². The van der Waals surface area contributed by atoms with Gasteiger partial charge in [-0.05, 0) is 45.8 Å². The number of aromatic nitrogens is 2. The standard InChI is InChI=1S/C19H19BrN2O6/c1-24-13-7-5-11(9-15(13)26-3)18-21-28-19(23)22(18)10-12-6-8-14(25-2)17(27-4)16(12)20/h5-9H,10H2,1-4H3. The van der Waals surface area contributed by atoms with Crippen LogP contribution in [0.25, 0.3) is 11.4 Å². The average molecular weight is 451 g/mol. The van der Waals surface area contributed by atoms with Crippen LogP contribution in [0.15, 0.2) is 44.1 Å². The van der Waals surface area contributed by atoms with Crippen LogP contribution in [0.3, 0.4) is 0 Å². The summed E-state index contributed by atoms with van der Waals surface area (Å²) in [6.45, 7) is 0.215. The molecule has 28 heavy (non-hydrogen) atoms. The molecule has 0 saturated carbocycles. The quantitative estimate of drug-likeness (QED) is 0.545. The minimum absolute atomic E-state index is 0.215. The maximum atomic E-state index is 12.3. The van der Waals surface area contributed by atoms with Crippen LogP contribution >= 0.6 is 15.9 Å². The molecule has 0 spiro atoms. The highest BCUT2D eigenvalue weighted by Gasteiger charge is 2.19. The second kappa shape index (κ2) is 8.39. The van der Waals surface area contributed by atoms with Crippen molar-refractivity contribution in [2.75, 3.05) is 28.4 Å². The lowest BCUT2D eigenvalue weighted by Gasteiger charge is -2.14. The number of nitrogens with zero attached hydrogens (tertiary/aromatic N) is 2. The van der Waals surface area contributed by atoms with Gasteiger partial charge in [-0.2, -0.15) is 0 Å². The predicted octanol–water partition coefficient (Wildman–Crippen LogP) is 3.35. The monoisotopic (exact) mass is 450 g/mol. The van der Waals surface area contributed by atoms with E-state index in [1.165, 1.54) is 11.7 Å². The second-order valence-electron chi connectivity index (χ2n) is 5.70. The van der Waals surface area contributed by atoms with Crippen LogP contribution in [-0.2, 0) is 6.54 Å². The summed E-state index contributed by atoms with van der Waals surface area (Å²) in [7, 11) is 6.20. The van der Waals surface area contributed by atoms with Gasteiger partial charge in [0.1, 0.15) is 0 Å². The smallest absolute Gasteiger partial charge is 0.442 e. The van der Waals surface area contributed by atoms with Crippen molar-refractivity contribution in [2.24, 2.45) is 0 Å². The molecular weight excluding hydrogens is 432 g/mol. The lowest BCUT2D eigenvalue weighted by molar-refractivity contribution is 0.352. The van der Waals surface area contributed by atoms with Gasteiger partial charge in [-0.3, -0.25) is 9.09 Å². The minimum atomic E-state index is -0.577. The first-order valence-electron chi connectivity index (χ1n) is 8.22. The Bertz CT molecular complexity index is 1040. The van der Waals surface area contributed by atoms with Gasteiger partial charge in [0, 0.05) is 5.56 Å². The molecule has 0 unspecified atom stereocenters. The van der Waals surface area contributed by atoms with Gasteiger partial charge < -0.3 is 18.9 Å². The van der Waals surface area contributed by atoms with E-state index in [0.29, 0.717) is 38.9 Å². The van der Waals surface area contributed by atoms with E-state index >= 15 is 0 Å². The first kappa shape index (κ1) is 19.8. The van der Waals surface area contributed by atoms with E-state index in [2.05, 4.69) is 21.1 Å². The second-order valence-corrected chi connectivity index (χ2v) is 6.50. The lowest BCUT2D eigenvalue weighted by Crippen LogP contribution is -2.16. The molecule has 9 heteroatoms. The Morgan fingerprint density at radius 2 is 1.64 bits per heavy atom. The molecule has 148 valence electrons. The van der Waals surface area contributed by atoms with Crippen LogP contribution in [0.2, 0.25) is 0 Å². The molecule has 0 atom stereocenters. The third kappa shape index (κ3) is 3.57. The topological polar surface area (TPSA) is 85.0 Å². The SMILES string of the molecule is COc1ccc(-c2noc(=O)n2Cc2ccc(OC)c(OC)c2Br)cc1OC. The van der Waals surface area contributed by atoms with E-state index in [4.69, 9.17) is 23.5 Å². The van der Waals surface area contributed by atoms with Crippen molar-refractivity contribution in [3.8, 4) is 34.4 Å². The van der Waals surface area contributed by atoms with E-state index < -0.39 is 5.76 Å². The first-order chi connectivity index (χ1) is 13.5. The van der Waals surface area contributed by atoms with Crippen molar-refractivity contribution in [1.29, 1.82) is 0 Å². The molecule has 0 amide bonds. The highest BCUT2D eigenvalue weighted by Crippen LogP contribution is 2.38. The van der Waals surface area contributed by atoms with Crippen molar-refractivity contribution >= 4 is 15.9 Å². The minimum Gasteiger partial charge on any atom is -0.493 e. The summed E-state index contributed by atoms with van der Waals surface area (Å²) in [6.07, 6.45) is 0. The fourth-order valence-corrected chi connectivity index (χ4v) is 3.43. The zero-order valence-corrected chi connectivity index (χ0v) is 17.4. The molecular formula is C19H19BrN2O6. The van der Waals surface area contributed by atoms with Crippen molar-refractivity contribution in [3.05, 3.63) is 50.9 Å². The molecule has 0 aliphatic heterocycles. The summed E-state index contributed by atoms with van der Waals surface area (Å²) < 4.78 is 28.3. The van der Waals surface area contributed by atoms with Gasteiger partial charge in [0.05, 0.1) is 39.5 Å². The highest BCUT2D eigenvalue weighted by atomic mass is 79.9. The molecule has 1 aromatic heterocycles. The molecule has 3 aromatic rings. The Kier molecular flexibility index (Phi) is 5.93. The van der Waals surface area contributed by atoms with Gasteiger partial charge in [-0.25, -0.2) is 4.79 Å². The Hall–Kier alpha value is -2.94. The van der Waals surface area contributed by atoms with Crippen molar-refractivity contribution in [3.63, 3.8) is 0 Å². The van der Waals surface area contributed by atoms with Gasteiger partial charge in [0.2, 0.25) is 0 Å². The molecule has 2 aromatic carbocycles. The molecule has 0 N–H and O–H groups in total. The summed E-state index contributed by atoms with van der Waals surface area (Å²) >= 11 is 3.52. The van der Waals surface area contributed by atoms with Crippen LogP contribution in [0.5, 0.6) is 23.0 Å². The van der Waals surface area contributed by atoms with E-state index in [1.807, 2.05) is 6.07 Å². The van der Waals surface area contributed by atoms with E-state index in [1.54, 1.807) is 45.6 Å². The molecule has 0 bridgehead atoms. The predicted molar refractivity (Wildman–Crippen MR) is 106 cm³/mol. The third-order valence-corrected chi connectivity index (χ3v) is 5.09. The van der Waals surface area contributed by atoms with Crippen LogP contribution in [0.4, 0.5) is 0 Å². The molecule has 0 aliphatic carbocycles. The maximum absolute atomic E-state index is 12.3. The van der Waals surface area contributed by atoms with E-state index in [-0.39, 0.29) is 6.54 Å². The van der Waals surface area contributed by atoms with Gasteiger partial charge >= 0.3 is 5.76 Å². The van der Waals surface area contributed by atoms with Crippen LogP contribution in [0, 0.1) is 0 Å². The molecule has 0 saturated heterocycles. The lowest BCUT2D eigenvalue weighted by atomic mass is 10.1. The highest BCUT2D eigenvalue weighted by molar-refractivity contribution is 9.10. The third-order valence-electron chi connectivity index (χ3n) is 4.22. The van der Waals surface area contributed by atoms with Gasteiger partial charge in [0.25, 0.3) is 0 Å². The molecule has 3 rings (SSSR count). The number of ether oxygens (including phenoxy) is 4. The normalized spacial score (nSPS) is 10.6. The average Bonchev–Trinajstić information content (AvgIpc) is 3.08. The molecule has 8 nitrogen and oxygen atoms in total. The zero-order chi connectivity index (χ0) is 20.3. The zero-order valence-electron chi connectivity index (χ0n) is 15.8. The number of rotatable bonds is 7. The number of benzene rings is 2. The first-order valence-corrected chi connectivity index (χ1v) is 9.01. The number of methoxy groups -OCH3 is 4.